The maximum atomic E-state index is 13.9. The van der Waals surface area contributed by atoms with E-state index in [0.717, 1.165) is 5.56 Å². The number of fused-ring (bicyclic) bond motifs is 1. The predicted octanol–water partition coefficient (Wildman–Crippen LogP) is 1.85. The minimum atomic E-state index is -1.68. The average Bonchev–Trinajstić information content (AvgIpc) is 3.15. The van der Waals surface area contributed by atoms with E-state index in [2.05, 4.69) is 10.4 Å². The molecular formula is C28H32FN5O6. The number of rotatable bonds is 9. The van der Waals surface area contributed by atoms with Gasteiger partial charge in [-0.25, -0.2) is 14.2 Å². The molecule has 12 heteroatoms. The molecule has 2 aromatic carbocycles. The van der Waals surface area contributed by atoms with Crippen molar-refractivity contribution >= 4 is 29.5 Å². The lowest BCUT2D eigenvalue weighted by atomic mass is 9.73. The first-order chi connectivity index (χ1) is 18.9. The normalized spacial score (nSPS) is 19.4. The van der Waals surface area contributed by atoms with E-state index in [1.54, 1.807) is 7.05 Å². The number of hydrazone groups is 1. The van der Waals surface area contributed by atoms with E-state index in [-0.39, 0.29) is 31.4 Å². The van der Waals surface area contributed by atoms with Gasteiger partial charge in [-0.2, -0.15) is 5.10 Å². The van der Waals surface area contributed by atoms with E-state index in [0.29, 0.717) is 18.6 Å². The molecule has 3 N–H and O–H groups in total. The van der Waals surface area contributed by atoms with Gasteiger partial charge in [-0.15, -0.1) is 0 Å². The van der Waals surface area contributed by atoms with Crippen molar-refractivity contribution in [2.24, 2.45) is 16.3 Å². The standard InChI is InChI=1S/C28H32FN5O6/c1-27(2,40-26(30)38)24(36)31-21(16-39-20-11-9-19(29)10-12-20)23(35)34-14-13-22-28(17-34,25(37)33(3)32-22)15-18-7-5-4-6-8-18/h4-12,21H,13-17H2,1-3H3,(H2,30,38)(H,31,36)/t21?,28-/m1/s1. The number of hydrogen-bond donors (Lipinski definition) is 2. The van der Waals surface area contributed by atoms with E-state index in [1.807, 2.05) is 30.3 Å². The molecule has 2 aromatic rings. The Hall–Kier alpha value is -4.48. The van der Waals surface area contributed by atoms with Crippen LogP contribution in [0.3, 0.4) is 0 Å². The molecule has 2 aliphatic heterocycles. The Morgan fingerprint density at radius 2 is 1.82 bits per heavy atom. The summed E-state index contributed by atoms with van der Waals surface area (Å²) in [5.41, 5.74) is 3.99. The Balaban J connectivity index is 1.59. The summed E-state index contributed by atoms with van der Waals surface area (Å²) in [6, 6.07) is 13.4. The highest BCUT2D eigenvalue weighted by atomic mass is 19.1. The van der Waals surface area contributed by atoms with Crippen LogP contribution in [0.5, 0.6) is 5.75 Å². The molecule has 1 unspecified atom stereocenters. The molecule has 2 atom stereocenters. The molecular weight excluding hydrogens is 521 g/mol. The van der Waals surface area contributed by atoms with Crippen LogP contribution in [0.1, 0.15) is 25.8 Å². The first-order valence-corrected chi connectivity index (χ1v) is 12.8. The van der Waals surface area contributed by atoms with Crippen molar-refractivity contribution in [1.82, 2.24) is 15.2 Å². The van der Waals surface area contributed by atoms with E-state index in [4.69, 9.17) is 15.2 Å². The fourth-order valence-electron chi connectivity index (χ4n) is 4.95. The molecule has 2 aliphatic rings. The summed E-state index contributed by atoms with van der Waals surface area (Å²) in [4.78, 5) is 53.2. The largest absolute Gasteiger partial charge is 0.491 e. The van der Waals surface area contributed by atoms with Gasteiger partial charge in [-0.3, -0.25) is 14.4 Å². The number of halogens is 1. The second kappa shape index (κ2) is 11.3. The molecule has 40 heavy (non-hydrogen) atoms. The van der Waals surface area contributed by atoms with Gasteiger partial charge in [-0.05, 0) is 50.1 Å². The first-order valence-electron chi connectivity index (χ1n) is 12.8. The molecule has 4 rings (SSSR count). The lowest BCUT2D eigenvalue weighted by molar-refractivity contribution is -0.145. The molecule has 0 radical (unpaired) electrons. The zero-order valence-electron chi connectivity index (χ0n) is 22.6. The van der Waals surface area contributed by atoms with Gasteiger partial charge in [0.15, 0.2) is 5.60 Å². The smallest absolute Gasteiger partial charge is 0.405 e. The third kappa shape index (κ3) is 6.05. The summed E-state index contributed by atoms with van der Waals surface area (Å²) < 4.78 is 24.0. The Morgan fingerprint density at radius 1 is 1.15 bits per heavy atom. The van der Waals surface area contributed by atoms with Gasteiger partial charge >= 0.3 is 6.09 Å². The van der Waals surface area contributed by atoms with Crippen LogP contribution in [0.4, 0.5) is 9.18 Å². The number of hydrogen-bond acceptors (Lipinski definition) is 7. The number of carbonyl (C=O) groups is 4. The maximum Gasteiger partial charge on any atom is 0.405 e. The number of nitrogens with zero attached hydrogens (tertiary/aromatic N) is 3. The number of primary amides is 1. The van der Waals surface area contributed by atoms with Gasteiger partial charge in [0.25, 0.3) is 11.8 Å². The predicted molar refractivity (Wildman–Crippen MR) is 143 cm³/mol. The van der Waals surface area contributed by atoms with Gasteiger partial charge < -0.3 is 25.4 Å². The Labute approximate surface area is 231 Å². The van der Waals surface area contributed by atoms with Gasteiger partial charge in [0.05, 0.1) is 5.71 Å². The number of likely N-dealkylation sites (tertiary alicyclic amines) is 1. The molecule has 0 aromatic heterocycles. The van der Waals surface area contributed by atoms with Crippen molar-refractivity contribution < 1.29 is 33.0 Å². The van der Waals surface area contributed by atoms with E-state index >= 15 is 0 Å². The van der Waals surface area contributed by atoms with Crippen LogP contribution in [0.25, 0.3) is 0 Å². The fraction of sp³-hybridized carbons (Fsp3) is 0.393. The third-order valence-corrected chi connectivity index (χ3v) is 7.00. The summed E-state index contributed by atoms with van der Waals surface area (Å²) in [5.74, 6) is -1.67. The lowest BCUT2D eigenvalue weighted by Gasteiger charge is -2.40. The number of ether oxygens (including phenoxy) is 2. The molecule has 0 aliphatic carbocycles. The maximum absolute atomic E-state index is 13.9. The SMILES string of the molecule is CN1N=C2CCN(C(=O)C(COc3ccc(F)cc3)NC(=O)C(C)(C)OC(N)=O)C[C@@]2(Cc2ccccc2)C1=O. The molecule has 0 spiro atoms. The van der Waals surface area contributed by atoms with E-state index in [1.165, 1.54) is 48.0 Å². The van der Waals surface area contributed by atoms with Crippen molar-refractivity contribution in [2.75, 3.05) is 26.7 Å². The lowest BCUT2D eigenvalue weighted by Crippen LogP contribution is -2.61. The minimum Gasteiger partial charge on any atom is -0.491 e. The molecule has 0 bridgehead atoms. The van der Waals surface area contributed by atoms with Gasteiger partial charge in [0, 0.05) is 26.6 Å². The highest BCUT2D eigenvalue weighted by Gasteiger charge is 2.54. The first kappa shape index (κ1) is 28.5. The Morgan fingerprint density at radius 3 is 2.48 bits per heavy atom. The Kier molecular flexibility index (Phi) is 8.08. The zero-order chi connectivity index (χ0) is 29.1. The van der Waals surface area contributed by atoms with Crippen molar-refractivity contribution in [3.8, 4) is 5.75 Å². The zero-order valence-corrected chi connectivity index (χ0v) is 22.6. The number of amides is 4. The Bertz CT molecular complexity index is 1320. The van der Waals surface area contributed by atoms with Gasteiger partial charge in [0.1, 0.15) is 29.6 Å². The highest BCUT2D eigenvalue weighted by Crippen LogP contribution is 2.38. The molecule has 1 saturated heterocycles. The molecule has 2 heterocycles. The van der Waals surface area contributed by atoms with Crippen LogP contribution in [-0.2, 0) is 25.5 Å². The van der Waals surface area contributed by atoms with Crippen molar-refractivity contribution in [1.29, 1.82) is 0 Å². The molecule has 0 saturated carbocycles. The van der Waals surface area contributed by atoms with E-state index in [9.17, 15) is 23.6 Å². The third-order valence-electron chi connectivity index (χ3n) is 7.00. The van der Waals surface area contributed by atoms with Crippen molar-refractivity contribution in [2.45, 2.75) is 38.3 Å². The van der Waals surface area contributed by atoms with Crippen LogP contribution in [0, 0.1) is 11.2 Å². The quantitative estimate of drug-likeness (QED) is 0.485. The number of nitrogens with two attached hydrogens (primary N) is 1. The molecule has 11 nitrogen and oxygen atoms in total. The van der Waals surface area contributed by atoms with Crippen molar-refractivity contribution in [3.63, 3.8) is 0 Å². The summed E-state index contributed by atoms with van der Waals surface area (Å²) in [6.45, 7) is 2.67. The topological polar surface area (TPSA) is 144 Å². The second-order valence-electron chi connectivity index (χ2n) is 10.4. The molecule has 212 valence electrons. The number of benzene rings is 2. The van der Waals surface area contributed by atoms with Crippen LogP contribution in [-0.4, -0.2) is 77.8 Å². The molecule has 4 amide bonds. The highest BCUT2D eigenvalue weighted by molar-refractivity contribution is 6.13. The number of nitrogens with one attached hydrogen (secondary N) is 1. The summed E-state index contributed by atoms with van der Waals surface area (Å²) in [6.07, 6.45) is -0.438. The van der Waals surface area contributed by atoms with Crippen LogP contribution < -0.4 is 15.8 Å². The fourth-order valence-corrected chi connectivity index (χ4v) is 4.95. The minimum absolute atomic E-state index is 0.0484. The van der Waals surface area contributed by atoms with Crippen LogP contribution in [0.15, 0.2) is 59.7 Å². The monoisotopic (exact) mass is 553 g/mol. The second-order valence-corrected chi connectivity index (χ2v) is 10.4. The van der Waals surface area contributed by atoms with Crippen molar-refractivity contribution in [3.05, 3.63) is 66.0 Å². The number of piperidine rings is 1. The molecule has 1 fully saturated rings. The number of carbonyl (C=O) groups excluding carboxylic acids is 4. The summed E-state index contributed by atoms with van der Waals surface area (Å²) in [7, 11) is 1.59. The van der Waals surface area contributed by atoms with Gasteiger partial charge in [0.2, 0.25) is 5.91 Å². The van der Waals surface area contributed by atoms with Crippen LogP contribution in [0.2, 0.25) is 0 Å². The summed E-state index contributed by atoms with van der Waals surface area (Å²) >= 11 is 0. The summed E-state index contributed by atoms with van der Waals surface area (Å²) in [5, 5.41) is 8.37. The van der Waals surface area contributed by atoms with E-state index < -0.39 is 40.8 Å². The van der Waals surface area contributed by atoms with Gasteiger partial charge in [-0.1, -0.05) is 30.3 Å². The van der Waals surface area contributed by atoms with Crippen LogP contribution >= 0.6 is 0 Å². The average molecular weight is 554 g/mol.